The van der Waals surface area contributed by atoms with E-state index in [-0.39, 0.29) is 21.9 Å². The fraction of sp³-hybridized carbons (Fsp3) is 0.333. The number of piperazine rings is 1. The highest BCUT2D eigenvalue weighted by Crippen LogP contribution is 2.36. The van der Waals surface area contributed by atoms with Crippen molar-refractivity contribution in [2.24, 2.45) is 0 Å². The van der Waals surface area contributed by atoms with Gasteiger partial charge in [-0.3, -0.25) is 14.5 Å². The first kappa shape index (κ1) is 14.4. The molecular formula is C12H11Cl3N2O2. The van der Waals surface area contributed by atoms with Gasteiger partial charge in [0.1, 0.15) is 12.1 Å². The van der Waals surface area contributed by atoms with Crippen LogP contribution in [0.15, 0.2) is 12.1 Å². The van der Waals surface area contributed by atoms with E-state index < -0.39 is 12.1 Å². The SMILES string of the molecule is CC1NC(=O)C(C)N(c2cc(Cl)c(Cl)cc2Cl)C1=O. The normalized spacial score (nSPS) is 23.5. The van der Waals surface area contributed by atoms with Crippen LogP contribution in [0.2, 0.25) is 15.1 Å². The molecule has 102 valence electrons. The Morgan fingerprint density at radius 1 is 1.05 bits per heavy atom. The molecule has 2 amide bonds. The number of carbonyl (C=O) groups excluding carboxylic acids is 2. The molecule has 0 bridgehead atoms. The summed E-state index contributed by atoms with van der Waals surface area (Å²) in [6, 6.07) is 1.69. The van der Waals surface area contributed by atoms with Gasteiger partial charge in [-0.1, -0.05) is 34.8 Å². The van der Waals surface area contributed by atoms with E-state index in [1.807, 2.05) is 0 Å². The summed E-state index contributed by atoms with van der Waals surface area (Å²) in [6.07, 6.45) is 0. The van der Waals surface area contributed by atoms with Crippen LogP contribution < -0.4 is 10.2 Å². The number of rotatable bonds is 1. The number of nitrogens with one attached hydrogen (secondary N) is 1. The van der Waals surface area contributed by atoms with Crippen LogP contribution in [0, 0.1) is 0 Å². The largest absolute Gasteiger partial charge is 0.343 e. The van der Waals surface area contributed by atoms with Crippen LogP contribution in [-0.2, 0) is 9.59 Å². The average molecular weight is 322 g/mol. The van der Waals surface area contributed by atoms with Crippen molar-refractivity contribution in [2.45, 2.75) is 25.9 Å². The summed E-state index contributed by atoms with van der Waals surface area (Å²) < 4.78 is 0. The van der Waals surface area contributed by atoms with Gasteiger partial charge < -0.3 is 5.32 Å². The second kappa shape index (κ2) is 5.19. The van der Waals surface area contributed by atoms with Crippen molar-refractivity contribution in [1.82, 2.24) is 5.32 Å². The molecule has 2 unspecified atom stereocenters. The zero-order valence-corrected chi connectivity index (χ0v) is 12.5. The van der Waals surface area contributed by atoms with Gasteiger partial charge in [-0.15, -0.1) is 0 Å². The molecule has 0 aromatic heterocycles. The first-order valence-electron chi connectivity index (χ1n) is 5.61. The molecule has 7 heteroatoms. The molecule has 0 spiro atoms. The molecule has 19 heavy (non-hydrogen) atoms. The van der Waals surface area contributed by atoms with Crippen LogP contribution in [0.4, 0.5) is 5.69 Å². The number of amides is 2. The Hall–Kier alpha value is -0.970. The van der Waals surface area contributed by atoms with Gasteiger partial charge >= 0.3 is 0 Å². The Labute approximate surface area is 125 Å². The third-order valence-electron chi connectivity index (χ3n) is 2.98. The van der Waals surface area contributed by atoms with E-state index in [2.05, 4.69) is 5.32 Å². The average Bonchev–Trinajstić information content (AvgIpc) is 2.33. The standard InChI is InChI=1S/C12H11Cl3N2O2/c1-5-12(19)17(6(2)11(18)16-5)10-4-8(14)7(13)3-9(10)15/h3-6H,1-2H3,(H,16,18). The zero-order chi connectivity index (χ0) is 14.3. The van der Waals surface area contributed by atoms with Crippen molar-refractivity contribution in [2.75, 3.05) is 4.90 Å². The number of carbonyl (C=O) groups is 2. The summed E-state index contributed by atoms with van der Waals surface area (Å²) >= 11 is 17.9. The molecule has 1 aromatic rings. The molecule has 0 aliphatic carbocycles. The summed E-state index contributed by atoms with van der Waals surface area (Å²) in [5.41, 5.74) is 0.385. The quantitative estimate of drug-likeness (QED) is 0.809. The highest BCUT2D eigenvalue weighted by molar-refractivity contribution is 6.44. The maximum Gasteiger partial charge on any atom is 0.250 e. The van der Waals surface area contributed by atoms with Crippen molar-refractivity contribution in [3.8, 4) is 0 Å². The van der Waals surface area contributed by atoms with E-state index in [9.17, 15) is 9.59 Å². The predicted molar refractivity (Wildman–Crippen MR) is 76.0 cm³/mol. The fourth-order valence-corrected chi connectivity index (χ4v) is 2.57. The van der Waals surface area contributed by atoms with Gasteiger partial charge in [-0.2, -0.15) is 0 Å². The molecule has 1 aromatic carbocycles. The van der Waals surface area contributed by atoms with E-state index in [0.717, 1.165) is 0 Å². The van der Waals surface area contributed by atoms with Gasteiger partial charge in [0.15, 0.2) is 0 Å². The van der Waals surface area contributed by atoms with Crippen molar-refractivity contribution >= 4 is 52.3 Å². The van der Waals surface area contributed by atoms with Gasteiger partial charge in [0.2, 0.25) is 11.8 Å². The summed E-state index contributed by atoms with van der Waals surface area (Å²) in [5.74, 6) is -0.485. The number of hydrogen-bond acceptors (Lipinski definition) is 2. The minimum absolute atomic E-state index is 0.241. The van der Waals surface area contributed by atoms with E-state index in [4.69, 9.17) is 34.8 Å². The van der Waals surface area contributed by atoms with Crippen LogP contribution in [0.1, 0.15) is 13.8 Å². The van der Waals surface area contributed by atoms with Gasteiger partial charge in [0, 0.05) is 0 Å². The molecule has 0 saturated carbocycles. The molecule has 2 rings (SSSR count). The summed E-state index contributed by atoms with van der Waals surface area (Å²) in [4.78, 5) is 25.3. The number of hydrogen-bond donors (Lipinski definition) is 1. The van der Waals surface area contributed by atoms with E-state index >= 15 is 0 Å². The highest BCUT2D eigenvalue weighted by Gasteiger charge is 2.37. The minimum atomic E-state index is -0.654. The molecular weight excluding hydrogens is 311 g/mol. The van der Waals surface area contributed by atoms with Crippen molar-refractivity contribution in [3.63, 3.8) is 0 Å². The second-order valence-electron chi connectivity index (χ2n) is 4.33. The Bertz CT molecular complexity index is 562. The lowest BCUT2D eigenvalue weighted by atomic mass is 10.1. The number of anilines is 1. The molecule has 1 aliphatic rings. The molecule has 2 atom stereocenters. The van der Waals surface area contributed by atoms with Crippen LogP contribution in [0.5, 0.6) is 0 Å². The zero-order valence-electron chi connectivity index (χ0n) is 10.2. The Morgan fingerprint density at radius 3 is 2.26 bits per heavy atom. The van der Waals surface area contributed by atoms with Crippen LogP contribution >= 0.6 is 34.8 Å². The summed E-state index contributed by atoms with van der Waals surface area (Å²) in [6.45, 7) is 3.24. The van der Waals surface area contributed by atoms with E-state index in [0.29, 0.717) is 10.7 Å². The van der Waals surface area contributed by atoms with Crippen LogP contribution in [0.3, 0.4) is 0 Å². The Balaban J connectivity index is 2.52. The number of halogens is 3. The molecule has 1 fully saturated rings. The summed E-state index contributed by atoms with van der Waals surface area (Å²) in [5, 5.41) is 3.44. The smallest absolute Gasteiger partial charge is 0.250 e. The molecule has 1 saturated heterocycles. The van der Waals surface area contributed by atoms with Gasteiger partial charge in [-0.05, 0) is 26.0 Å². The van der Waals surface area contributed by atoms with Crippen LogP contribution in [-0.4, -0.2) is 23.9 Å². The molecule has 1 N–H and O–H groups in total. The van der Waals surface area contributed by atoms with Crippen molar-refractivity contribution in [3.05, 3.63) is 27.2 Å². The minimum Gasteiger partial charge on any atom is -0.343 e. The fourth-order valence-electron chi connectivity index (χ4n) is 1.94. The second-order valence-corrected chi connectivity index (χ2v) is 5.55. The number of benzene rings is 1. The predicted octanol–water partition coefficient (Wildman–Crippen LogP) is 2.89. The lowest BCUT2D eigenvalue weighted by Gasteiger charge is -2.36. The monoisotopic (exact) mass is 320 g/mol. The highest BCUT2D eigenvalue weighted by atomic mass is 35.5. The molecule has 1 heterocycles. The topological polar surface area (TPSA) is 49.4 Å². The lowest BCUT2D eigenvalue weighted by Crippen LogP contribution is -2.61. The van der Waals surface area contributed by atoms with E-state index in [1.54, 1.807) is 13.8 Å². The van der Waals surface area contributed by atoms with E-state index in [1.165, 1.54) is 17.0 Å². The number of nitrogens with zero attached hydrogens (tertiary/aromatic N) is 1. The van der Waals surface area contributed by atoms with Crippen molar-refractivity contribution < 1.29 is 9.59 Å². The van der Waals surface area contributed by atoms with Crippen molar-refractivity contribution in [1.29, 1.82) is 0 Å². The third-order valence-corrected chi connectivity index (χ3v) is 4.01. The Kier molecular flexibility index (Phi) is 3.95. The van der Waals surface area contributed by atoms with Crippen LogP contribution in [0.25, 0.3) is 0 Å². The molecule has 4 nitrogen and oxygen atoms in total. The molecule has 1 aliphatic heterocycles. The first-order chi connectivity index (χ1) is 8.82. The summed E-state index contributed by atoms with van der Waals surface area (Å²) in [7, 11) is 0. The molecule has 0 radical (unpaired) electrons. The maximum atomic E-state index is 12.2. The third kappa shape index (κ3) is 2.53. The first-order valence-corrected chi connectivity index (χ1v) is 6.74. The van der Waals surface area contributed by atoms with Gasteiger partial charge in [-0.25, -0.2) is 0 Å². The Morgan fingerprint density at radius 2 is 1.63 bits per heavy atom. The maximum absolute atomic E-state index is 12.2. The lowest BCUT2D eigenvalue weighted by molar-refractivity contribution is -0.133. The van der Waals surface area contributed by atoms with Gasteiger partial charge in [0.25, 0.3) is 0 Å². The van der Waals surface area contributed by atoms with Gasteiger partial charge in [0.05, 0.1) is 20.8 Å².